The summed E-state index contributed by atoms with van der Waals surface area (Å²) < 4.78 is 11.2. The predicted octanol–water partition coefficient (Wildman–Crippen LogP) is 0.994. The molecule has 2 saturated heterocycles. The summed E-state index contributed by atoms with van der Waals surface area (Å²) in [6.07, 6.45) is 4.86. The van der Waals surface area contributed by atoms with E-state index in [0.29, 0.717) is 6.10 Å². The summed E-state index contributed by atoms with van der Waals surface area (Å²) in [6.45, 7) is 7.93. The monoisotopic (exact) mass is 313 g/mol. The quantitative estimate of drug-likeness (QED) is 0.435. The number of hydrogen-bond donors (Lipinski definition) is 2. The highest BCUT2D eigenvalue weighted by molar-refractivity contribution is 5.80. The zero-order valence-electron chi connectivity index (χ0n) is 13.8. The van der Waals surface area contributed by atoms with E-state index in [9.17, 15) is 5.11 Å². The molecular formula is C16H31N3O3. The fourth-order valence-electron chi connectivity index (χ4n) is 2.85. The summed E-state index contributed by atoms with van der Waals surface area (Å²) in [4.78, 5) is 6.94. The smallest absolute Gasteiger partial charge is 0.193 e. The molecule has 2 fully saturated rings. The van der Waals surface area contributed by atoms with Crippen molar-refractivity contribution in [1.29, 1.82) is 0 Å². The van der Waals surface area contributed by atoms with E-state index in [0.717, 1.165) is 84.1 Å². The van der Waals surface area contributed by atoms with E-state index in [4.69, 9.17) is 9.47 Å². The van der Waals surface area contributed by atoms with E-state index in [-0.39, 0.29) is 6.10 Å². The molecule has 0 atom stereocenters. The molecule has 0 radical (unpaired) electrons. The topological polar surface area (TPSA) is 66.3 Å². The van der Waals surface area contributed by atoms with Gasteiger partial charge in [-0.2, -0.15) is 0 Å². The number of aliphatic hydroxyl groups is 1. The number of aliphatic imine (C=N–C) groups is 1. The molecule has 0 aromatic carbocycles. The first-order valence-corrected chi connectivity index (χ1v) is 8.70. The Morgan fingerprint density at radius 1 is 1.27 bits per heavy atom. The first-order valence-electron chi connectivity index (χ1n) is 8.70. The number of guanidine groups is 1. The van der Waals surface area contributed by atoms with Gasteiger partial charge < -0.3 is 24.8 Å². The summed E-state index contributed by atoms with van der Waals surface area (Å²) in [5, 5.41) is 12.9. The van der Waals surface area contributed by atoms with Crippen molar-refractivity contribution in [3.05, 3.63) is 0 Å². The van der Waals surface area contributed by atoms with Gasteiger partial charge in [0.1, 0.15) is 0 Å². The first-order chi connectivity index (χ1) is 10.8. The molecular weight excluding hydrogens is 282 g/mol. The number of nitrogens with one attached hydrogen (secondary N) is 1. The lowest BCUT2D eigenvalue weighted by Gasteiger charge is -2.32. The fraction of sp³-hybridized carbons (Fsp3) is 0.938. The van der Waals surface area contributed by atoms with Crippen LogP contribution in [0.3, 0.4) is 0 Å². The Labute approximate surface area is 133 Å². The third-order valence-electron chi connectivity index (χ3n) is 4.18. The molecule has 0 spiro atoms. The molecule has 2 aliphatic rings. The molecule has 0 amide bonds. The average Bonchev–Trinajstić information content (AvgIpc) is 2.55. The van der Waals surface area contributed by atoms with E-state index in [1.54, 1.807) is 0 Å². The number of hydrogen-bond acceptors (Lipinski definition) is 4. The van der Waals surface area contributed by atoms with Gasteiger partial charge >= 0.3 is 0 Å². The molecule has 22 heavy (non-hydrogen) atoms. The van der Waals surface area contributed by atoms with Gasteiger partial charge in [-0.3, -0.25) is 4.99 Å². The van der Waals surface area contributed by atoms with E-state index in [2.05, 4.69) is 22.1 Å². The number of piperidine rings is 1. The van der Waals surface area contributed by atoms with Crippen molar-refractivity contribution in [3.63, 3.8) is 0 Å². The standard InChI is InChI=1S/C16H31N3O3/c1-2-17-16(19-9-4-14(20)5-10-19)18-8-3-11-22-15-6-12-21-13-7-15/h14-15,20H,2-13H2,1H3,(H,17,18). The van der Waals surface area contributed by atoms with Crippen molar-refractivity contribution < 1.29 is 14.6 Å². The lowest BCUT2D eigenvalue weighted by atomic mass is 10.1. The van der Waals surface area contributed by atoms with Crippen LogP contribution < -0.4 is 5.32 Å². The highest BCUT2D eigenvalue weighted by Gasteiger charge is 2.19. The average molecular weight is 313 g/mol. The summed E-state index contributed by atoms with van der Waals surface area (Å²) in [6, 6.07) is 0. The summed E-state index contributed by atoms with van der Waals surface area (Å²) in [5.41, 5.74) is 0. The second kappa shape index (κ2) is 10.0. The molecule has 2 heterocycles. The Balaban J connectivity index is 1.66. The Kier molecular flexibility index (Phi) is 7.98. The lowest BCUT2D eigenvalue weighted by molar-refractivity contribution is -0.0318. The molecule has 6 heteroatoms. The SMILES string of the molecule is CCNC(=NCCCOC1CCOCC1)N1CCC(O)CC1. The molecule has 2 N–H and O–H groups in total. The van der Waals surface area contributed by atoms with E-state index in [1.165, 1.54) is 0 Å². The van der Waals surface area contributed by atoms with Crippen LogP contribution >= 0.6 is 0 Å². The minimum absolute atomic E-state index is 0.146. The van der Waals surface area contributed by atoms with Gasteiger partial charge in [0.2, 0.25) is 0 Å². The Hall–Kier alpha value is -0.850. The van der Waals surface area contributed by atoms with Crippen molar-refractivity contribution >= 4 is 5.96 Å². The third-order valence-corrected chi connectivity index (χ3v) is 4.18. The van der Waals surface area contributed by atoms with Crippen LogP contribution in [0.2, 0.25) is 0 Å². The second-order valence-electron chi connectivity index (χ2n) is 5.99. The van der Waals surface area contributed by atoms with Crippen LogP contribution in [0.4, 0.5) is 0 Å². The number of likely N-dealkylation sites (tertiary alicyclic amines) is 1. The number of ether oxygens (including phenoxy) is 2. The van der Waals surface area contributed by atoms with Gasteiger partial charge in [-0.05, 0) is 39.0 Å². The first kappa shape index (κ1) is 17.5. The van der Waals surface area contributed by atoms with Crippen LogP contribution in [0.15, 0.2) is 4.99 Å². The normalized spacial score (nSPS) is 22.1. The predicted molar refractivity (Wildman–Crippen MR) is 87.2 cm³/mol. The number of nitrogens with zero attached hydrogens (tertiary/aromatic N) is 2. The van der Waals surface area contributed by atoms with Crippen molar-refractivity contribution in [2.24, 2.45) is 4.99 Å². The maximum Gasteiger partial charge on any atom is 0.193 e. The lowest BCUT2D eigenvalue weighted by Crippen LogP contribution is -2.46. The molecule has 0 aliphatic carbocycles. The Morgan fingerprint density at radius 2 is 2.00 bits per heavy atom. The van der Waals surface area contributed by atoms with Crippen molar-refractivity contribution in [1.82, 2.24) is 10.2 Å². The Bertz CT molecular complexity index is 325. The molecule has 0 aromatic rings. The fourth-order valence-corrected chi connectivity index (χ4v) is 2.85. The molecule has 128 valence electrons. The van der Waals surface area contributed by atoms with Gasteiger partial charge in [-0.15, -0.1) is 0 Å². The Morgan fingerprint density at radius 3 is 2.68 bits per heavy atom. The largest absolute Gasteiger partial charge is 0.393 e. The van der Waals surface area contributed by atoms with Crippen molar-refractivity contribution in [3.8, 4) is 0 Å². The van der Waals surface area contributed by atoms with E-state index in [1.807, 2.05) is 0 Å². The number of aliphatic hydroxyl groups excluding tert-OH is 1. The van der Waals surface area contributed by atoms with Gasteiger partial charge in [-0.25, -0.2) is 0 Å². The molecule has 0 saturated carbocycles. The van der Waals surface area contributed by atoms with Crippen molar-refractivity contribution in [2.45, 2.75) is 51.2 Å². The summed E-state index contributed by atoms with van der Waals surface area (Å²) in [5.74, 6) is 0.973. The van der Waals surface area contributed by atoms with Crippen molar-refractivity contribution in [2.75, 3.05) is 46.0 Å². The van der Waals surface area contributed by atoms with E-state index >= 15 is 0 Å². The maximum atomic E-state index is 9.60. The van der Waals surface area contributed by atoms with Crippen LogP contribution in [-0.4, -0.2) is 74.2 Å². The highest BCUT2D eigenvalue weighted by atomic mass is 16.5. The molecule has 0 unspecified atom stereocenters. The summed E-state index contributed by atoms with van der Waals surface area (Å²) >= 11 is 0. The van der Waals surface area contributed by atoms with Crippen LogP contribution in [-0.2, 0) is 9.47 Å². The van der Waals surface area contributed by atoms with Gasteiger partial charge in [0.25, 0.3) is 0 Å². The van der Waals surface area contributed by atoms with Gasteiger partial charge in [0, 0.05) is 46.0 Å². The molecule has 6 nitrogen and oxygen atoms in total. The number of rotatable bonds is 6. The van der Waals surface area contributed by atoms with Gasteiger partial charge in [0.05, 0.1) is 12.2 Å². The zero-order chi connectivity index (χ0) is 15.6. The molecule has 0 bridgehead atoms. The minimum atomic E-state index is -0.146. The minimum Gasteiger partial charge on any atom is -0.393 e. The summed E-state index contributed by atoms with van der Waals surface area (Å²) in [7, 11) is 0. The zero-order valence-corrected chi connectivity index (χ0v) is 13.8. The van der Waals surface area contributed by atoms with Crippen LogP contribution in [0, 0.1) is 0 Å². The van der Waals surface area contributed by atoms with E-state index < -0.39 is 0 Å². The molecule has 0 aromatic heterocycles. The van der Waals surface area contributed by atoms with Gasteiger partial charge in [-0.1, -0.05) is 0 Å². The second-order valence-corrected chi connectivity index (χ2v) is 5.99. The van der Waals surface area contributed by atoms with Gasteiger partial charge in [0.15, 0.2) is 5.96 Å². The molecule has 2 rings (SSSR count). The highest BCUT2D eigenvalue weighted by Crippen LogP contribution is 2.11. The van der Waals surface area contributed by atoms with Crippen LogP contribution in [0.5, 0.6) is 0 Å². The van der Waals surface area contributed by atoms with Crippen LogP contribution in [0.25, 0.3) is 0 Å². The third kappa shape index (κ3) is 6.10. The maximum absolute atomic E-state index is 9.60. The molecule has 2 aliphatic heterocycles. The van der Waals surface area contributed by atoms with Crippen LogP contribution in [0.1, 0.15) is 39.0 Å².